The zero-order chi connectivity index (χ0) is 20.5. The molecule has 0 aliphatic rings. The summed E-state index contributed by atoms with van der Waals surface area (Å²) in [5.41, 5.74) is 6.95. The van der Waals surface area contributed by atoms with Crippen LogP contribution in [0, 0.1) is 6.92 Å². The van der Waals surface area contributed by atoms with Crippen molar-refractivity contribution in [1.29, 1.82) is 0 Å². The van der Waals surface area contributed by atoms with Crippen LogP contribution < -0.4 is 4.74 Å². The molecule has 3 aromatic carbocycles. The van der Waals surface area contributed by atoms with Crippen molar-refractivity contribution in [2.45, 2.75) is 26.9 Å². The van der Waals surface area contributed by atoms with Gasteiger partial charge in [0.1, 0.15) is 12.4 Å². The molecule has 0 unspecified atom stereocenters. The first-order valence-electron chi connectivity index (χ1n) is 10.3. The van der Waals surface area contributed by atoms with Crippen molar-refractivity contribution in [3.63, 3.8) is 0 Å². The van der Waals surface area contributed by atoms with E-state index in [4.69, 9.17) is 9.72 Å². The number of thiophene rings is 1. The lowest BCUT2D eigenvalue weighted by atomic mass is 10.0. The molecule has 0 N–H and O–H groups in total. The molecule has 0 radical (unpaired) electrons. The largest absolute Gasteiger partial charge is 0.488 e. The lowest BCUT2D eigenvalue weighted by Gasteiger charge is -2.13. The van der Waals surface area contributed by atoms with Gasteiger partial charge in [-0.1, -0.05) is 55.5 Å². The zero-order valence-electron chi connectivity index (χ0n) is 17.2. The second-order valence-electron chi connectivity index (χ2n) is 7.53. The summed E-state index contributed by atoms with van der Waals surface area (Å²) in [7, 11) is 0. The van der Waals surface area contributed by atoms with Crippen LogP contribution in [-0.4, -0.2) is 4.98 Å². The van der Waals surface area contributed by atoms with Crippen LogP contribution in [-0.2, 0) is 13.0 Å². The quantitative estimate of drug-likeness (QED) is 0.299. The number of hydrogen-bond donors (Lipinski definition) is 0. The fourth-order valence-electron chi connectivity index (χ4n) is 3.91. The van der Waals surface area contributed by atoms with E-state index >= 15 is 0 Å². The second-order valence-corrected chi connectivity index (χ2v) is 8.44. The van der Waals surface area contributed by atoms with Gasteiger partial charge < -0.3 is 4.74 Å². The number of nitrogens with zero attached hydrogens (tertiary/aromatic N) is 1. The molecule has 0 saturated carbocycles. The van der Waals surface area contributed by atoms with Gasteiger partial charge in [0.2, 0.25) is 0 Å². The first kappa shape index (κ1) is 18.8. The summed E-state index contributed by atoms with van der Waals surface area (Å²) in [4.78, 5) is 5.10. The molecular weight excluding hydrogens is 386 g/mol. The summed E-state index contributed by atoms with van der Waals surface area (Å²) >= 11 is 1.77. The van der Waals surface area contributed by atoms with E-state index in [0.29, 0.717) is 6.61 Å². The molecule has 0 aliphatic heterocycles. The van der Waals surface area contributed by atoms with Crippen LogP contribution in [0.25, 0.3) is 32.2 Å². The molecule has 0 spiro atoms. The maximum absolute atomic E-state index is 6.25. The summed E-state index contributed by atoms with van der Waals surface area (Å²) < 4.78 is 7.54. The Balaban J connectivity index is 1.57. The van der Waals surface area contributed by atoms with E-state index in [1.165, 1.54) is 32.3 Å². The van der Waals surface area contributed by atoms with Crippen molar-refractivity contribution in [2.24, 2.45) is 0 Å². The lowest BCUT2D eigenvalue weighted by molar-refractivity contribution is 0.309. The van der Waals surface area contributed by atoms with E-state index in [9.17, 15) is 0 Å². The molecule has 5 rings (SSSR count). The lowest BCUT2D eigenvalue weighted by Crippen LogP contribution is -1.99. The second kappa shape index (κ2) is 7.92. The number of aromatic nitrogens is 1. The molecule has 0 amide bonds. The first-order valence-corrected chi connectivity index (χ1v) is 11.2. The molecule has 0 fully saturated rings. The van der Waals surface area contributed by atoms with Crippen LogP contribution in [0.1, 0.15) is 23.6 Å². The van der Waals surface area contributed by atoms with Crippen molar-refractivity contribution < 1.29 is 4.74 Å². The van der Waals surface area contributed by atoms with Gasteiger partial charge in [-0.2, -0.15) is 0 Å². The molecule has 30 heavy (non-hydrogen) atoms. The molecule has 2 aromatic heterocycles. The third-order valence-electron chi connectivity index (χ3n) is 5.68. The van der Waals surface area contributed by atoms with E-state index in [1.54, 1.807) is 11.3 Å². The SMILES string of the molecule is CCc1ccc(OCc2ccccc2C)c2ccc(-c3csc4ccccc34)nc12. The van der Waals surface area contributed by atoms with E-state index in [0.717, 1.165) is 28.8 Å². The van der Waals surface area contributed by atoms with Crippen molar-refractivity contribution in [2.75, 3.05) is 0 Å². The van der Waals surface area contributed by atoms with Crippen molar-refractivity contribution in [3.05, 3.63) is 94.9 Å². The minimum Gasteiger partial charge on any atom is -0.488 e. The summed E-state index contributed by atoms with van der Waals surface area (Å²) in [5.74, 6) is 0.889. The Hall–Kier alpha value is -3.17. The highest BCUT2D eigenvalue weighted by atomic mass is 32.1. The maximum atomic E-state index is 6.25. The highest BCUT2D eigenvalue weighted by molar-refractivity contribution is 7.17. The Morgan fingerprint density at radius 3 is 2.53 bits per heavy atom. The normalized spacial score (nSPS) is 11.3. The van der Waals surface area contributed by atoms with Gasteiger partial charge in [-0.15, -0.1) is 11.3 Å². The highest BCUT2D eigenvalue weighted by Gasteiger charge is 2.13. The third kappa shape index (κ3) is 3.35. The number of pyridine rings is 1. The molecule has 0 bridgehead atoms. The fourth-order valence-corrected chi connectivity index (χ4v) is 4.87. The summed E-state index contributed by atoms with van der Waals surface area (Å²) in [6.07, 6.45) is 0.940. The van der Waals surface area contributed by atoms with Crippen molar-refractivity contribution in [3.8, 4) is 17.0 Å². The topological polar surface area (TPSA) is 22.1 Å². The predicted molar refractivity (Wildman–Crippen MR) is 127 cm³/mol. The van der Waals surface area contributed by atoms with Gasteiger partial charge in [0.15, 0.2) is 0 Å². The van der Waals surface area contributed by atoms with Gasteiger partial charge in [0, 0.05) is 26.4 Å². The van der Waals surface area contributed by atoms with Crippen molar-refractivity contribution >= 4 is 32.3 Å². The van der Waals surface area contributed by atoms with Crippen LogP contribution in [0.3, 0.4) is 0 Å². The van der Waals surface area contributed by atoms with Crippen molar-refractivity contribution in [1.82, 2.24) is 4.98 Å². The first-order chi connectivity index (χ1) is 14.7. The Bertz CT molecular complexity index is 1350. The van der Waals surface area contributed by atoms with Crippen LogP contribution in [0.5, 0.6) is 5.75 Å². The van der Waals surface area contributed by atoms with Gasteiger partial charge in [-0.3, -0.25) is 0 Å². The number of ether oxygens (including phenoxy) is 1. The molecule has 0 saturated heterocycles. The number of fused-ring (bicyclic) bond motifs is 2. The fraction of sp³-hybridized carbons (Fsp3) is 0.148. The van der Waals surface area contributed by atoms with Crippen LogP contribution >= 0.6 is 11.3 Å². The minimum absolute atomic E-state index is 0.560. The molecule has 0 aliphatic carbocycles. The summed E-state index contributed by atoms with van der Waals surface area (Å²) in [6.45, 7) is 4.86. The molecule has 5 aromatic rings. The van der Waals surface area contributed by atoms with Gasteiger partial charge in [0.05, 0.1) is 11.2 Å². The molecule has 2 heterocycles. The Morgan fingerprint density at radius 2 is 1.67 bits per heavy atom. The number of benzene rings is 3. The smallest absolute Gasteiger partial charge is 0.129 e. The molecule has 148 valence electrons. The highest BCUT2D eigenvalue weighted by Crippen LogP contribution is 2.36. The van der Waals surface area contributed by atoms with E-state index < -0.39 is 0 Å². The Morgan fingerprint density at radius 1 is 0.833 bits per heavy atom. The predicted octanol–water partition coefficient (Wildman–Crippen LogP) is 7.57. The monoisotopic (exact) mass is 409 g/mol. The van der Waals surface area contributed by atoms with Crippen LogP contribution in [0.15, 0.2) is 78.2 Å². The molecule has 3 heteroatoms. The Kier molecular flexibility index (Phi) is 4.97. The van der Waals surface area contributed by atoms with E-state index in [2.05, 4.69) is 92.0 Å². The van der Waals surface area contributed by atoms with Gasteiger partial charge in [0.25, 0.3) is 0 Å². The average molecular weight is 410 g/mol. The van der Waals surface area contributed by atoms with Crippen LogP contribution in [0.2, 0.25) is 0 Å². The van der Waals surface area contributed by atoms with Gasteiger partial charge in [-0.25, -0.2) is 4.98 Å². The summed E-state index contributed by atoms with van der Waals surface area (Å²) in [5, 5.41) is 4.55. The number of aryl methyl sites for hydroxylation is 2. The Labute approximate surface area is 180 Å². The number of rotatable bonds is 5. The molecular formula is C27H23NOS. The van der Waals surface area contributed by atoms with Gasteiger partial charge >= 0.3 is 0 Å². The van der Waals surface area contributed by atoms with E-state index in [1.807, 2.05) is 0 Å². The number of hydrogen-bond acceptors (Lipinski definition) is 3. The summed E-state index contributed by atoms with van der Waals surface area (Å²) in [6, 6.07) is 25.4. The van der Waals surface area contributed by atoms with E-state index in [-0.39, 0.29) is 0 Å². The van der Waals surface area contributed by atoms with Gasteiger partial charge in [-0.05, 0) is 54.3 Å². The average Bonchev–Trinajstić information content (AvgIpc) is 3.22. The third-order valence-corrected chi connectivity index (χ3v) is 6.65. The minimum atomic E-state index is 0.560. The zero-order valence-corrected chi connectivity index (χ0v) is 18.0. The molecule has 0 atom stereocenters. The molecule has 2 nitrogen and oxygen atoms in total. The van der Waals surface area contributed by atoms with Crippen LogP contribution in [0.4, 0.5) is 0 Å². The standard InChI is InChI=1S/C27H23NOS/c1-3-19-12-15-25(29-16-20-9-5-4-8-18(20)2)22-13-14-24(28-27(19)22)23-17-30-26-11-7-6-10-21(23)26/h4-15,17H,3,16H2,1-2H3. The maximum Gasteiger partial charge on any atom is 0.129 e.